The van der Waals surface area contributed by atoms with Gasteiger partial charge in [-0.3, -0.25) is 9.10 Å². The number of fused-ring (bicyclic) bond motifs is 1. The summed E-state index contributed by atoms with van der Waals surface area (Å²) in [6, 6.07) is 19.0. The molecule has 8 nitrogen and oxygen atoms in total. The van der Waals surface area contributed by atoms with E-state index in [9.17, 15) is 18.0 Å². The lowest BCUT2D eigenvalue weighted by molar-refractivity contribution is -0.122. The molecule has 0 aliphatic carbocycles. The molecule has 176 valence electrons. The molecule has 1 amide bonds. The first-order chi connectivity index (χ1) is 16.3. The quantitative estimate of drug-likeness (QED) is 0.511. The van der Waals surface area contributed by atoms with Crippen LogP contribution in [-0.2, 0) is 19.6 Å². The van der Waals surface area contributed by atoms with E-state index in [4.69, 9.17) is 21.1 Å². The highest BCUT2D eigenvalue weighted by Gasteiger charge is 2.37. The van der Waals surface area contributed by atoms with Crippen LogP contribution in [0.5, 0.6) is 5.75 Å². The van der Waals surface area contributed by atoms with Crippen molar-refractivity contribution in [2.45, 2.75) is 17.9 Å². The Labute approximate surface area is 202 Å². The smallest absolute Gasteiger partial charge is 0.339 e. The maximum Gasteiger partial charge on any atom is 0.339 e. The first-order valence-corrected chi connectivity index (χ1v) is 12.2. The van der Waals surface area contributed by atoms with Gasteiger partial charge in [0, 0.05) is 5.69 Å². The maximum absolute atomic E-state index is 13.4. The van der Waals surface area contributed by atoms with Crippen LogP contribution < -0.4 is 14.4 Å². The summed E-state index contributed by atoms with van der Waals surface area (Å²) in [7, 11) is -3.95. The predicted octanol–water partition coefficient (Wildman–Crippen LogP) is 4.11. The van der Waals surface area contributed by atoms with Gasteiger partial charge in [0.2, 0.25) is 0 Å². The number of ether oxygens (including phenoxy) is 2. The molecule has 3 aromatic rings. The average Bonchev–Trinajstić information content (AvgIpc) is 2.85. The van der Waals surface area contributed by atoms with Crippen LogP contribution in [0.4, 0.5) is 11.4 Å². The molecule has 1 aliphatic rings. The Kier molecular flexibility index (Phi) is 6.76. The van der Waals surface area contributed by atoms with Crippen molar-refractivity contribution in [2.24, 2.45) is 0 Å². The zero-order chi connectivity index (χ0) is 24.3. The summed E-state index contributed by atoms with van der Waals surface area (Å²) < 4.78 is 38.7. The molecule has 0 unspecified atom stereocenters. The first-order valence-electron chi connectivity index (χ1n) is 10.4. The van der Waals surface area contributed by atoms with E-state index in [1.54, 1.807) is 49.4 Å². The normalized spacial score (nSPS) is 15.1. The molecule has 34 heavy (non-hydrogen) atoms. The van der Waals surface area contributed by atoms with Crippen LogP contribution in [0, 0.1) is 0 Å². The van der Waals surface area contributed by atoms with Crippen LogP contribution in [0.15, 0.2) is 77.7 Å². The topological polar surface area (TPSA) is 102 Å². The van der Waals surface area contributed by atoms with Crippen LogP contribution >= 0.6 is 11.6 Å². The molecule has 0 spiro atoms. The third-order valence-electron chi connectivity index (χ3n) is 5.09. The van der Waals surface area contributed by atoms with Gasteiger partial charge in [-0.25, -0.2) is 13.2 Å². The van der Waals surface area contributed by atoms with E-state index in [0.29, 0.717) is 5.69 Å². The van der Waals surface area contributed by atoms with Gasteiger partial charge in [-0.15, -0.1) is 0 Å². The number of carbonyl (C=O) groups excluding carboxylic acids is 2. The minimum Gasteiger partial charge on any atom is -0.476 e. The highest BCUT2D eigenvalue weighted by Crippen LogP contribution is 2.37. The van der Waals surface area contributed by atoms with Gasteiger partial charge in [0.05, 0.1) is 34.3 Å². The highest BCUT2D eigenvalue weighted by molar-refractivity contribution is 7.92. The number of benzene rings is 3. The van der Waals surface area contributed by atoms with Crippen LogP contribution in [0.1, 0.15) is 17.3 Å². The number of amides is 1. The number of halogens is 1. The molecule has 0 radical (unpaired) electrons. The number of hydrogen-bond donors (Lipinski definition) is 1. The lowest BCUT2D eigenvalue weighted by Gasteiger charge is -2.34. The molecule has 3 aromatic carbocycles. The van der Waals surface area contributed by atoms with Gasteiger partial charge >= 0.3 is 5.97 Å². The van der Waals surface area contributed by atoms with Gasteiger partial charge in [-0.1, -0.05) is 41.9 Å². The Morgan fingerprint density at radius 2 is 1.79 bits per heavy atom. The predicted molar refractivity (Wildman–Crippen MR) is 128 cm³/mol. The molecule has 1 N–H and O–H groups in total. The fourth-order valence-corrected chi connectivity index (χ4v) is 5.17. The second-order valence-electron chi connectivity index (χ2n) is 7.33. The summed E-state index contributed by atoms with van der Waals surface area (Å²) >= 11 is 6.08. The summed E-state index contributed by atoms with van der Waals surface area (Å²) in [4.78, 5) is 25.3. The Morgan fingerprint density at radius 1 is 1.09 bits per heavy atom. The van der Waals surface area contributed by atoms with Crippen molar-refractivity contribution in [2.75, 3.05) is 22.8 Å². The van der Waals surface area contributed by atoms with Crippen molar-refractivity contribution in [3.63, 3.8) is 0 Å². The molecular weight excluding hydrogens is 480 g/mol. The molecule has 0 saturated heterocycles. The van der Waals surface area contributed by atoms with Crippen molar-refractivity contribution in [3.05, 3.63) is 83.4 Å². The summed E-state index contributed by atoms with van der Waals surface area (Å²) in [6.07, 6.45) is -1.14. The van der Waals surface area contributed by atoms with E-state index < -0.39 is 28.0 Å². The maximum atomic E-state index is 13.4. The Morgan fingerprint density at radius 3 is 2.53 bits per heavy atom. The number of nitrogens with one attached hydrogen (secondary N) is 1. The molecule has 0 aromatic heterocycles. The van der Waals surface area contributed by atoms with Crippen molar-refractivity contribution in [3.8, 4) is 5.75 Å². The number of hydrogen-bond acceptors (Lipinski definition) is 6. The van der Waals surface area contributed by atoms with Gasteiger partial charge in [0.1, 0.15) is 5.75 Å². The number of nitrogens with zero attached hydrogens (tertiary/aromatic N) is 1. The Hall–Kier alpha value is -3.56. The zero-order valence-electron chi connectivity index (χ0n) is 18.1. The zero-order valence-corrected chi connectivity index (χ0v) is 19.7. The van der Waals surface area contributed by atoms with Crippen molar-refractivity contribution in [1.82, 2.24) is 0 Å². The monoisotopic (exact) mass is 500 g/mol. The molecule has 0 fully saturated rings. The fourth-order valence-electron chi connectivity index (χ4n) is 3.48. The summed E-state index contributed by atoms with van der Waals surface area (Å²) in [5, 5.41) is 2.85. The second kappa shape index (κ2) is 9.74. The van der Waals surface area contributed by atoms with Crippen molar-refractivity contribution < 1.29 is 27.5 Å². The van der Waals surface area contributed by atoms with E-state index in [1.165, 1.54) is 30.3 Å². The number of para-hydroxylation sites is 2. The standard InChI is InChI=1S/C24H21ClN2O6S/c1-2-32-24(29)18-14-16(12-13-19(18)25)26-23(28)22-15-27(20-10-6-7-11-21(20)33-22)34(30,31)17-8-4-3-5-9-17/h3-14,22H,2,15H2,1H3,(H,26,28)/t22-/m1/s1. The first kappa shape index (κ1) is 23.6. The minimum atomic E-state index is -3.95. The van der Waals surface area contributed by atoms with Gasteiger partial charge in [0.15, 0.2) is 6.10 Å². The Balaban J connectivity index is 1.62. The van der Waals surface area contributed by atoms with Gasteiger partial charge in [-0.05, 0) is 49.4 Å². The van der Waals surface area contributed by atoms with Crippen LogP contribution in [0.2, 0.25) is 5.02 Å². The molecule has 1 heterocycles. The summed E-state index contributed by atoms with van der Waals surface area (Å²) in [5.41, 5.74) is 0.730. The third-order valence-corrected chi connectivity index (χ3v) is 7.21. The van der Waals surface area contributed by atoms with E-state index in [2.05, 4.69) is 5.32 Å². The molecule has 4 rings (SSSR count). The van der Waals surface area contributed by atoms with Crippen LogP contribution in [0.3, 0.4) is 0 Å². The van der Waals surface area contributed by atoms with Crippen molar-refractivity contribution >= 4 is 44.9 Å². The van der Waals surface area contributed by atoms with E-state index in [0.717, 1.165) is 4.31 Å². The number of rotatable bonds is 6. The second-order valence-corrected chi connectivity index (χ2v) is 9.60. The molecule has 0 bridgehead atoms. The van der Waals surface area contributed by atoms with Gasteiger partial charge in [-0.2, -0.15) is 0 Å². The third kappa shape index (κ3) is 4.71. The van der Waals surface area contributed by atoms with Crippen molar-refractivity contribution in [1.29, 1.82) is 0 Å². The molecule has 1 atom stereocenters. The minimum absolute atomic E-state index is 0.0997. The summed E-state index contributed by atoms with van der Waals surface area (Å²) in [5.74, 6) is -0.941. The largest absolute Gasteiger partial charge is 0.476 e. The molecular formula is C24H21ClN2O6S. The molecule has 1 aliphatic heterocycles. The average molecular weight is 501 g/mol. The van der Waals surface area contributed by atoms with E-state index in [-0.39, 0.29) is 40.1 Å². The molecule has 10 heteroatoms. The van der Waals surface area contributed by atoms with E-state index in [1.807, 2.05) is 0 Å². The van der Waals surface area contributed by atoms with Gasteiger partial charge in [0.25, 0.3) is 15.9 Å². The SMILES string of the molecule is CCOC(=O)c1cc(NC(=O)[C@H]2CN(S(=O)(=O)c3ccccc3)c3ccccc3O2)ccc1Cl. The number of esters is 1. The van der Waals surface area contributed by atoms with Crippen LogP contribution in [0.25, 0.3) is 0 Å². The lowest BCUT2D eigenvalue weighted by atomic mass is 10.2. The van der Waals surface area contributed by atoms with E-state index >= 15 is 0 Å². The Bertz CT molecular complexity index is 1330. The highest BCUT2D eigenvalue weighted by atomic mass is 35.5. The number of carbonyl (C=O) groups is 2. The fraction of sp³-hybridized carbons (Fsp3) is 0.167. The van der Waals surface area contributed by atoms with Crippen LogP contribution in [-0.4, -0.2) is 39.5 Å². The summed E-state index contributed by atoms with van der Waals surface area (Å²) in [6.45, 7) is 1.61. The number of anilines is 2. The molecule has 0 saturated carbocycles. The number of sulfonamides is 1. The van der Waals surface area contributed by atoms with Gasteiger partial charge < -0.3 is 14.8 Å². The lowest BCUT2D eigenvalue weighted by Crippen LogP contribution is -2.48.